The third-order valence-corrected chi connectivity index (χ3v) is 4.07. The van der Waals surface area contributed by atoms with Gasteiger partial charge in [-0.15, -0.1) is 0 Å². The van der Waals surface area contributed by atoms with Gasteiger partial charge in [-0.05, 0) is 25.5 Å². The fraction of sp³-hybridized carbons (Fsp3) is 0.316. The molecule has 0 radical (unpaired) electrons. The molecule has 0 aliphatic rings. The Hall–Kier alpha value is -2.69. The molecule has 0 bridgehead atoms. The summed E-state index contributed by atoms with van der Waals surface area (Å²) < 4.78 is 1.77. The highest BCUT2D eigenvalue weighted by Crippen LogP contribution is 2.26. The molecule has 0 saturated heterocycles. The number of nitrogens with zero attached hydrogens (tertiary/aromatic N) is 3. The molecule has 3 aromatic rings. The van der Waals surface area contributed by atoms with Crippen molar-refractivity contribution >= 4 is 16.8 Å². The number of carbonyl (C=O) groups is 1. The van der Waals surface area contributed by atoms with Crippen LogP contribution in [0.25, 0.3) is 22.2 Å². The topological polar surface area (TPSA) is 59.8 Å². The second kappa shape index (κ2) is 6.83. The van der Waals surface area contributed by atoms with E-state index in [0.29, 0.717) is 12.1 Å². The first kappa shape index (κ1) is 16.2. The van der Waals surface area contributed by atoms with Gasteiger partial charge in [-0.1, -0.05) is 31.5 Å². The number of benzene rings is 1. The van der Waals surface area contributed by atoms with Gasteiger partial charge in [0.25, 0.3) is 5.91 Å². The number of aromatic nitrogens is 3. The minimum Gasteiger partial charge on any atom is -0.352 e. The molecule has 5 nitrogen and oxygen atoms in total. The third kappa shape index (κ3) is 3.15. The van der Waals surface area contributed by atoms with E-state index in [1.807, 2.05) is 50.5 Å². The van der Waals surface area contributed by atoms with Crippen LogP contribution in [0.2, 0.25) is 0 Å². The highest BCUT2D eigenvalue weighted by molar-refractivity contribution is 6.07. The van der Waals surface area contributed by atoms with Gasteiger partial charge in [0, 0.05) is 30.7 Å². The molecule has 0 saturated carbocycles. The molecule has 0 aliphatic heterocycles. The largest absolute Gasteiger partial charge is 0.352 e. The van der Waals surface area contributed by atoms with Crippen LogP contribution in [0.3, 0.4) is 0 Å². The maximum atomic E-state index is 12.6. The fourth-order valence-corrected chi connectivity index (χ4v) is 2.83. The molecule has 124 valence electrons. The summed E-state index contributed by atoms with van der Waals surface area (Å²) >= 11 is 0. The lowest BCUT2D eigenvalue weighted by atomic mass is 10.0. The van der Waals surface area contributed by atoms with E-state index in [2.05, 4.69) is 17.3 Å². The van der Waals surface area contributed by atoms with Gasteiger partial charge >= 0.3 is 0 Å². The van der Waals surface area contributed by atoms with Crippen molar-refractivity contribution in [1.29, 1.82) is 0 Å². The Balaban J connectivity index is 2.09. The smallest absolute Gasteiger partial charge is 0.252 e. The number of carbonyl (C=O) groups excluding carboxylic acids is 1. The van der Waals surface area contributed by atoms with E-state index in [4.69, 9.17) is 4.98 Å². The molecule has 3 rings (SSSR count). The molecule has 0 spiro atoms. The van der Waals surface area contributed by atoms with Crippen LogP contribution in [0.1, 0.15) is 35.8 Å². The fourth-order valence-electron chi connectivity index (χ4n) is 2.83. The Kier molecular flexibility index (Phi) is 4.60. The Labute approximate surface area is 141 Å². The summed E-state index contributed by atoms with van der Waals surface area (Å²) in [6.07, 6.45) is 3.96. The van der Waals surface area contributed by atoms with Crippen molar-refractivity contribution in [3.8, 4) is 11.3 Å². The molecule has 0 unspecified atom stereocenters. The Morgan fingerprint density at radius 3 is 2.79 bits per heavy atom. The monoisotopic (exact) mass is 322 g/mol. The molecule has 2 heterocycles. The Morgan fingerprint density at radius 1 is 1.29 bits per heavy atom. The van der Waals surface area contributed by atoms with Gasteiger partial charge in [-0.3, -0.25) is 9.48 Å². The lowest BCUT2D eigenvalue weighted by Gasteiger charge is -2.10. The van der Waals surface area contributed by atoms with Crippen LogP contribution in [0.15, 0.2) is 36.5 Å². The van der Waals surface area contributed by atoms with Crippen molar-refractivity contribution in [1.82, 2.24) is 20.1 Å². The van der Waals surface area contributed by atoms with Crippen LogP contribution >= 0.6 is 0 Å². The first-order chi connectivity index (χ1) is 11.6. The van der Waals surface area contributed by atoms with Gasteiger partial charge in [0.15, 0.2) is 0 Å². The van der Waals surface area contributed by atoms with Crippen molar-refractivity contribution in [2.45, 2.75) is 26.7 Å². The minimum atomic E-state index is -0.0511. The second-order valence-electron chi connectivity index (χ2n) is 5.98. The number of para-hydroxylation sites is 1. The summed E-state index contributed by atoms with van der Waals surface area (Å²) in [6, 6.07) is 9.62. The predicted molar refractivity (Wildman–Crippen MR) is 95.9 cm³/mol. The van der Waals surface area contributed by atoms with Crippen molar-refractivity contribution < 1.29 is 4.79 Å². The number of hydrogen-bond donors (Lipinski definition) is 1. The zero-order valence-corrected chi connectivity index (χ0v) is 14.3. The van der Waals surface area contributed by atoms with Crippen LogP contribution in [0.4, 0.5) is 0 Å². The van der Waals surface area contributed by atoms with Gasteiger partial charge in [-0.25, -0.2) is 4.98 Å². The number of amides is 1. The van der Waals surface area contributed by atoms with Crippen LogP contribution in [0.5, 0.6) is 0 Å². The Bertz CT molecular complexity index is 882. The van der Waals surface area contributed by atoms with E-state index in [1.165, 1.54) is 0 Å². The van der Waals surface area contributed by atoms with Crippen molar-refractivity contribution in [3.63, 3.8) is 0 Å². The van der Waals surface area contributed by atoms with Crippen molar-refractivity contribution in [2.75, 3.05) is 6.54 Å². The standard InChI is InChI=1S/C19H22N4O/c1-4-5-10-20-19(24)15-11-18(16-12-23(3)22-13(16)2)21-17-9-7-6-8-14(15)17/h6-9,11-12H,4-5,10H2,1-3H3,(H,20,24). The van der Waals surface area contributed by atoms with Gasteiger partial charge < -0.3 is 5.32 Å². The number of nitrogens with one attached hydrogen (secondary N) is 1. The molecule has 1 aromatic carbocycles. The van der Waals surface area contributed by atoms with Gasteiger partial charge in [0.2, 0.25) is 0 Å². The van der Waals surface area contributed by atoms with E-state index in [0.717, 1.165) is 40.7 Å². The van der Waals surface area contributed by atoms with Crippen molar-refractivity contribution in [3.05, 3.63) is 47.8 Å². The molecule has 1 amide bonds. The lowest BCUT2D eigenvalue weighted by molar-refractivity contribution is 0.0955. The molecular weight excluding hydrogens is 300 g/mol. The van der Waals surface area contributed by atoms with E-state index in [1.54, 1.807) is 4.68 Å². The number of pyridine rings is 1. The zero-order chi connectivity index (χ0) is 17.1. The quantitative estimate of drug-likeness (QED) is 0.732. The summed E-state index contributed by atoms with van der Waals surface area (Å²) in [5.74, 6) is -0.0511. The predicted octanol–water partition coefficient (Wildman–Crippen LogP) is 3.47. The molecule has 1 N–H and O–H groups in total. The van der Waals surface area contributed by atoms with Crippen LogP contribution in [-0.2, 0) is 7.05 Å². The van der Waals surface area contributed by atoms with Gasteiger partial charge in [0.1, 0.15) is 0 Å². The maximum absolute atomic E-state index is 12.6. The SMILES string of the molecule is CCCCNC(=O)c1cc(-c2cn(C)nc2C)nc2ccccc12. The summed E-state index contributed by atoms with van der Waals surface area (Å²) in [7, 11) is 1.88. The van der Waals surface area contributed by atoms with Crippen LogP contribution in [0, 0.1) is 6.92 Å². The first-order valence-electron chi connectivity index (χ1n) is 8.28. The molecule has 0 atom stereocenters. The number of rotatable bonds is 5. The van der Waals surface area contributed by atoms with Crippen LogP contribution < -0.4 is 5.32 Å². The summed E-state index contributed by atoms with van der Waals surface area (Å²) in [6.45, 7) is 4.75. The average Bonchev–Trinajstić information content (AvgIpc) is 2.92. The third-order valence-electron chi connectivity index (χ3n) is 4.07. The maximum Gasteiger partial charge on any atom is 0.252 e. The second-order valence-corrected chi connectivity index (χ2v) is 5.98. The summed E-state index contributed by atoms with van der Waals surface area (Å²) in [5, 5.41) is 8.25. The Morgan fingerprint density at radius 2 is 2.08 bits per heavy atom. The number of unbranched alkanes of at least 4 members (excludes halogenated alkanes) is 1. The minimum absolute atomic E-state index is 0.0511. The number of aryl methyl sites for hydroxylation is 2. The number of fused-ring (bicyclic) bond motifs is 1. The highest BCUT2D eigenvalue weighted by Gasteiger charge is 2.15. The highest BCUT2D eigenvalue weighted by atomic mass is 16.1. The normalized spacial score (nSPS) is 11.0. The average molecular weight is 322 g/mol. The van der Waals surface area contributed by atoms with E-state index in [-0.39, 0.29) is 5.91 Å². The van der Waals surface area contributed by atoms with E-state index >= 15 is 0 Å². The molecular formula is C19H22N4O. The molecule has 0 fully saturated rings. The van der Waals surface area contributed by atoms with Crippen molar-refractivity contribution in [2.24, 2.45) is 7.05 Å². The van der Waals surface area contributed by atoms with Gasteiger partial charge in [-0.2, -0.15) is 5.10 Å². The molecule has 5 heteroatoms. The summed E-state index contributed by atoms with van der Waals surface area (Å²) in [4.78, 5) is 17.4. The zero-order valence-electron chi connectivity index (χ0n) is 14.3. The van der Waals surface area contributed by atoms with E-state index < -0.39 is 0 Å². The molecule has 24 heavy (non-hydrogen) atoms. The van der Waals surface area contributed by atoms with E-state index in [9.17, 15) is 4.79 Å². The summed E-state index contributed by atoms with van der Waals surface area (Å²) in [5.41, 5.74) is 4.11. The molecule has 0 aliphatic carbocycles. The molecule has 2 aromatic heterocycles. The van der Waals surface area contributed by atoms with Gasteiger partial charge in [0.05, 0.1) is 22.5 Å². The lowest BCUT2D eigenvalue weighted by Crippen LogP contribution is -2.24. The van der Waals surface area contributed by atoms with Crippen LogP contribution in [-0.4, -0.2) is 27.2 Å². The number of hydrogen-bond acceptors (Lipinski definition) is 3. The first-order valence-corrected chi connectivity index (χ1v) is 8.28.